The van der Waals surface area contributed by atoms with E-state index in [9.17, 15) is 14.4 Å². The second kappa shape index (κ2) is 11.7. The number of hydroxylamine groups is 1. The standard InChI is InChI=1S/C27H25N5O5/c1-36-20-12-10-18(11-13-20)17-23(24(33)27(35)31-37-2)29-26(34)21-9-6-15-28-25(21)32-16-14-22(30-32)19-7-4-3-5-8-19/h3-16,23H,17H2,1-2H3,(H,29,34)(H,31,35). The molecule has 0 fully saturated rings. The van der Waals surface area contributed by atoms with E-state index in [0.29, 0.717) is 11.4 Å². The smallest absolute Gasteiger partial charge is 0.313 e. The van der Waals surface area contributed by atoms with E-state index in [4.69, 9.17) is 4.74 Å². The molecular formula is C27H25N5O5. The Morgan fingerprint density at radius 1 is 0.946 bits per heavy atom. The van der Waals surface area contributed by atoms with Gasteiger partial charge in [0, 0.05) is 24.4 Å². The number of carbonyl (C=O) groups is 3. The summed E-state index contributed by atoms with van der Waals surface area (Å²) in [7, 11) is 2.77. The summed E-state index contributed by atoms with van der Waals surface area (Å²) in [5, 5.41) is 7.24. The van der Waals surface area contributed by atoms with Crippen molar-refractivity contribution < 1.29 is 24.0 Å². The minimum atomic E-state index is -1.17. The van der Waals surface area contributed by atoms with E-state index in [1.807, 2.05) is 41.9 Å². The number of benzene rings is 2. The number of Topliss-reactive ketones (excluding diaryl/α,β-unsaturated/α-hetero) is 1. The summed E-state index contributed by atoms with van der Waals surface area (Å²) < 4.78 is 6.66. The summed E-state index contributed by atoms with van der Waals surface area (Å²) in [6.45, 7) is 0. The van der Waals surface area contributed by atoms with E-state index >= 15 is 0 Å². The van der Waals surface area contributed by atoms with Crippen LogP contribution in [-0.4, -0.2) is 52.6 Å². The Balaban J connectivity index is 1.60. The molecule has 2 N–H and O–H groups in total. The van der Waals surface area contributed by atoms with Gasteiger partial charge < -0.3 is 10.1 Å². The molecule has 0 saturated heterocycles. The fourth-order valence-corrected chi connectivity index (χ4v) is 3.71. The van der Waals surface area contributed by atoms with Crippen LogP contribution in [0.25, 0.3) is 17.1 Å². The third-order valence-corrected chi connectivity index (χ3v) is 5.55. The number of nitrogens with one attached hydrogen (secondary N) is 2. The van der Waals surface area contributed by atoms with Gasteiger partial charge in [0.1, 0.15) is 11.8 Å². The Kier molecular flexibility index (Phi) is 8.01. The molecule has 0 bridgehead atoms. The molecule has 1 unspecified atom stereocenters. The van der Waals surface area contributed by atoms with Crippen LogP contribution >= 0.6 is 0 Å². The van der Waals surface area contributed by atoms with Gasteiger partial charge in [-0.05, 0) is 35.9 Å². The van der Waals surface area contributed by atoms with Gasteiger partial charge in [0.2, 0.25) is 5.78 Å². The summed E-state index contributed by atoms with van der Waals surface area (Å²) in [6.07, 6.45) is 3.32. The summed E-state index contributed by atoms with van der Waals surface area (Å²) in [5.74, 6) is -1.51. The maximum absolute atomic E-state index is 13.4. The number of hydrogen-bond acceptors (Lipinski definition) is 7. The highest BCUT2D eigenvalue weighted by atomic mass is 16.6. The molecule has 4 rings (SSSR count). The molecule has 0 aliphatic rings. The van der Waals surface area contributed by atoms with Crippen LogP contribution in [0.5, 0.6) is 5.75 Å². The number of nitrogens with zero attached hydrogens (tertiary/aromatic N) is 3. The number of aromatic nitrogens is 3. The SMILES string of the molecule is CONC(=O)C(=O)C(Cc1ccc(OC)cc1)NC(=O)c1cccnc1-n1ccc(-c2ccccc2)n1. The topological polar surface area (TPSA) is 124 Å². The molecule has 0 radical (unpaired) electrons. The lowest BCUT2D eigenvalue weighted by atomic mass is 10.0. The molecule has 0 spiro atoms. The number of hydrogen-bond donors (Lipinski definition) is 2. The molecule has 37 heavy (non-hydrogen) atoms. The number of rotatable bonds is 10. The quantitative estimate of drug-likeness (QED) is 0.254. The highest BCUT2D eigenvalue weighted by Gasteiger charge is 2.29. The maximum atomic E-state index is 13.4. The number of ketones is 1. The Hall–Kier alpha value is -4.83. The molecule has 2 aromatic carbocycles. The predicted octanol–water partition coefficient (Wildman–Crippen LogP) is 2.53. The molecule has 10 nitrogen and oxygen atoms in total. The number of ether oxygens (including phenoxy) is 1. The molecule has 4 aromatic rings. The van der Waals surface area contributed by atoms with Crippen molar-refractivity contribution >= 4 is 17.6 Å². The second-order valence-electron chi connectivity index (χ2n) is 7.96. The number of methoxy groups -OCH3 is 1. The lowest BCUT2D eigenvalue weighted by Crippen LogP contribution is -2.48. The normalized spacial score (nSPS) is 11.4. The van der Waals surface area contributed by atoms with Gasteiger partial charge >= 0.3 is 5.91 Å². The average Bonchev–Trinajstić information content (AvgIpc) is 3.43. The van der Waals surface area contributed by atoms with Gasteiger partial charge in [-0.15, -0.1) is 0 Å². The van der Waals surface area contributed by atoms with E-state index in [-0.39, 0.29) is 17.8 Å². The van der Waals surface area contributed by atoms with Gasteiger partial charge in [0.05, 0.1) is 25.5 Å². The summed E-state index contributed by atoms with van der Waals surface area (Å²) in [4.78, 5) is 47.4. The molecular weight excluding hydrogens is 474 g/mol. The zero-order chi connectivity index (χ0) is 26.2. The van der Waals surface area contributed by atoms with E-state index in [1.165, 1.54) is 11.8 Å². The van der Waals surface area contributed by atoms with E-state index in [2.05, 4.69) is 20.2 Å². The number of pyridine rings is 1. The third-order valence-electron chi connectivity index (χ3n) is 5.55. The average molecular weight is 500 g/mol. The zero-order valence-electron chi connectivity index (χ0n) is 20.3. The molecule has 1 atom stereocenters. The maximum Gasteiger partial charge on any atom is 0.313 e. The highest BCUT2D eigenvalue weighted by molar-refractivity contribution is 6.38. The van der Waals surface area contributed by atoms with Crippen LogP contribution in [-0.2, 0) is 20.8 Å². The Morgan fingerprint density at radius 3 is 2.41 bits per heavy atom. The molecule has 0 aliphatic heterocycles. The van der Waals surface area contributed by atoms with Gasteiger partial charge in [-0.2, -0.15) is 5.10 Å². The van der Waals surface area contributed by atoms with Crippen molar-refractivity contribution in [1.82, 2.24) is 25.6 Å². The van der Waals surface area contributed by atoms with Crippen LogP contribution < -0.4 is 15.5 Å². The summed E-state index contributed by atoms with van der Waals surface area (Å²) in [5.41, 5.74) is 4.54. The van der Waals surface area contributed by atoms with Crippen molar-refractivity contribution in [3.05, 3.63) is 96.3 Å². The molecule has 2 heterocycles. The van der Waals surface area contributed by atoms with E-state index < -0.39 is 23.6 Å². The molecule has 10 heteroatoms. The van der Waals surface area contributed by atoms with E-state index in [1.54, 1.807) is 55.9 Å². The van der Waals surface area contributed by atoms with Crippen LogP contribution in [0.1, 0.15) is 15.9 Å². The first-order valence-electron chi connectivity index (χ1n) is 11.4. The first kappa shape index (κ1) is 25.3. The third kappa shape index (κ3) is 6.06. The Bertz CT molecular complexity index is 1390. The monoisotopic (exact) mass is 499 g/mol. The fraction of sp³-hybridized carbons (Fsp3) is 0.148. The molecule has 2 aromatic heterocycles. The first-order valence-corrected chi connectivity index (χ1v) is 11.4. The van der Waals surface area contributed by atoms with E-state index in [0.717, 1.165) is 11.1 Å². The van der Waals surface area contributed by atoms with Gasteiger partial charge in [0.15, 0.2) is 5.82 Å². The minimum absolute atomic E-state index is 0.0707. The highest BCUT2D eigenvalue weighted by Crippen LogP contribution is 2.19. The van der Waals surface area contributed by atoms with Crippen molar-refractivity contribution in [1.29, 1.82) is 0 Å². The minimum Gasteiger partial charge on any atom is -0.497 e. The fourth-order valence-electron chi connectivity index (χ4n) is 3.71. The molecule has 188 valence electrons. The van der Waals surface area contributed by atoms with Crippen molar-refractivity contribution in [2.45, 2.75) is 12.5 Å². The Morgan fingerprint density at radius 2 is 1.70 bits per heavy atom. The van der Waals surface area contributed by atoms with Gasteiger partial charge in [-0.3, -0.25) is 19.2 Å². The van der Waals surface area contributed by atoms with Crippen LogP contribution in [0, 0.1) is 0 Å². The van der Waals surface area contributed by atoms with Crippen molar-refractivity contribution in [2.75, 3.05) is 14.2 Å². The van der Waals surface area contributed by atoms with Crippen molar-refractivity contribution in [3.8, 4) is 22.8 Å². The summed E-state index contributed by atoms with van der Waals surface area (Å²) >= 11 is 0. The molecule has 0 saturated carbocycles. The largest absolute Gasteiger partial charge is 0.497 e. The number of amides is 2. The van der Waals surface area contributed by atoms with Crippen LogP contribution in [0.15, 0.2) is 85.2 Å². The van der Waals surface area contributed by atoms with Crippen LogP contribution in [0.3, 0.4) is 0 Å². The van der Waals surface area contributed by atoms with Gasteiger partial charge in [0.25, 0.3) is 5.91 Å². The molecule has 0 aliphatic carbocycles. The van der Waals surface area contributed by atoms with Crippen molar-refractivity contribution in [2.24, 2.45) is 0 Å². The van der Waals surface area contributed by atoms with Crippen molar-refractivity contribution in [3.63, 3.8) is 0 Å². The van der Waals surface area contributed by atoms with Crippen LogP contribution in [0.2, 0.25) is 0 Å². The zero-order valence-corrected chi connectivity index (χ0v) is 20.3. The predicted molar refractivity (Wildman–Crippen MR) is 135 cm³/mol. The Labute approximate surface area is 213 Å². The summed E-state index contributed by atoms with van der Waals surface area (Å²) in [6, 6.07) is 20.4. The number of carbonyl (C=O) groups excluding carboxylic acids is 3. The lowest BCUT2D eigenvalue weighted by Gasteiger charge is -2.18. The molecule has 2 amide bonds. The second-order valence-corrected chi connectivity index (χ2v) is 7.96. The van der Waals surface area contributed by atoms with Gasteiger partial charge in [-0.1, -0.05) is 42.5 Å². The van der Waals surface area contributed by atoms with Crippen LogP contribution in [0.4, 0.5) is 0 Å². The first-order chi connectivity index (χ1) is 18.0. The lowest BCUT2D eigenvalue weighted by molar-refractivity contribution is -0.145. The van der Waals surface area contributed by atoms with Gasteiger partial charge in [-0.25, -0.2) is 15.1 Å².